The molecule has 2 N–H and O–H groups in total. The summed E-state index contributed by atoms with van der Waals surface area (Å²) in [5.41, 5.74) is 0. The van der Waals surface area contributed by atoms with Crippen LogP contribution in [0.15, 0.2) is 0 Å². The number of hydrogen-bond acceptors (Lipinski definition) is 9. The van der Waals surface area contributed by atoms with Gasteiger partial charge in [-0.3, -0.25) is 0 Å². The molecule has 0 saturated carbocycles. The van der Waals surface area contributed by atoms with Crippen LogP contribution in [0.2, 0.25) is 0 Å². The second kappa shape index (κ2) is 22.7. The van der Waals surface area contributed by atoms with E-state index in [9.17, 15) is 0 Å². The van der Waals surface area contributed by atoms with Crippen molar-refractivity contribution in [3.63, 3.8) is 0 Å². The van der Waals surface area contributed by atoms with Crippen LogP contribution in [0, 0.1) is 0 Å². The molecule has 9 heteroatoms. The predicted molar refractivity (Wildman–Crippen MR) is 96.6 cm³/mol. The van der Waals surface area contributed by atoms with Crippen molar-refractivity contribution in [3.05, 3.63) is 0 Å². The van der Waals surface area contributed by atoms with Crippen molar-refractivity contribution in [3.8, 4) is 0 Å². The van der Waals surface area contributed by atoms with E-state index in [1.807, 2.05) is 7.05 Å². The van der Waals surface area contributed by atoms with Crippen molar-refractivity contribution in [1.29, 1.82) is 0 Å². The quantitative estimate of drug-likeness (QED) is 0.228. The molecule has 9 nitrogen and oxygen atoms in total. The summed E-state index contributed by atoms with van der Waals surface area (Å²) < 4.78 is 31.8. The average molecular weight is 383 g/mol. The Hall–Kier alpha value is -0.360. The Balaban J connectivity index is 3.10. The molecular formula is C17H37NO8. The van der Waals surface area contributed by atoms with E-state index in [1.54, 1.807) is 0 Å². The molecule has 0 aliphatic rings. The highest BCUT2D eigenvalue weighted by Gasteiger charge is 1.99. The lowest BCUT2D eigenvalue weighted by molar-refractivity contribution is -0.00763. The largest absolute Gasteiger partial charge is 0.394 e. The first-order valence-electron chi connectivity index (χ1n) is 9.18. The number of ether oxygens (including phenoxy) is 6. The summed E-state index contributed by atoms with van der Waals surface area (Å²) in [6.45, 7) is 7.96. The van der Waals surface area contributed by atoms with Crippen LogP contribution < -0.4 is 0 Å². The van der Waals surface area contributed by atoms with Gasteiger partial charge in [0.2, 0.25) is 0 Å². The van der Waals surface area contributed by atoms with E-state index in [2.05, 4.69) is 4.90 Å². The zero-order chi connectivity index (χ0) is 19.1. The maximum absolute atomic E-state index is 8.55. The van der Waals surface area contributed by atoms with Crippen LogP contribution in [-0.4, -0.2) is 128 Å². The van der Waals surface area contributed by atoms with E-state index >= 15 is 0 Å². The van der Waals surface area contributed by atoms with Crippen molar-refractivity contribution in [2.45, 2.75) is 0 Å². The Bertz CT molecular complexity index is 261. The first kappa shape index (κ1) is 25.6. The predicted octanol–water partition coefficient (Wildman–Crippen LogP) is -0.998. The SMILES string of the molecule is CN(CCOCCOCCO)CCOCCOCCOCCOCCO. The molecule has 0 atom stereocenters. The fourth-order valence-electron chi connectivity index (χ4n) is 1.77. The lowest BCUT2D eigenvalue weighted by Crippen LogP contribution is -2.28. The maximum Gasteiger partial charge on any atom is 0.0701 e. The Morgan fingerprint density at radius 2 is 0.731 bits per heavy atom. The summed E-state index contributed by atoms with van der Waals surface area (Å²) in [6.07, 6.45) is 0. The third kappa shape index (κ3) is 21.7. The van der Waals surface area contributed by atoms with Crippen LogP contribution in [0.25, 0.3) is 0 Å². The molecule has 158 valence electrons. The fraction of sp³-hybridized carbons (Fsp3) is 1.00. The summed E-state index contributed by atoms with van der Waals surface area (Å²) in [6, 6.07) is 0. The summed E-state index contributed by atoms with van der Waals surface area (Å²) in [4.78, 5) is 2.14. The molecule has 0 aromatic carbocycles. The number of likely N-dealkylation sites (N-methyl/N-ethyl adjacent to an activating group) is 1. The second-order valence-corrected chi connectivity index (χ2v) is 5.42. The molecule has 0 saturated heterocycles. The van der Waals surface area contributed by atoms with E-state index < -0.39 is 0 Å². The fourth-order valence-corrected chi connectivity index (χ4v) is 1.77. The van der Waals surface area contributed by atoms with Gasteiger partial charge in [-0.05, 0) is 7.05 Å². The molecule has 0 spiro atoms. The number of hydrogen-bond donors (Lipinski definition) is 2. The lowest BCUT2D eigenvalue weighted by atomic mass is 10.5. The molecule has 0 rings (SSSR count). The third-order valence-electron chi connectivity index (χ3n) is 3.19. The van der Waals surface area contributed by atoms with Gasteiger partial charge < -0.3 is 43.5 Å². The molecule has 0 radical (unpaired) electrons. The van der Waals surface area contributed by atoms with Gasteiger partial charge in [0, 0.05) is 13.1 Å². The van der Waals surface area contributed by atoms with Gasteiger partial charge in [0.1, 0.15) is 0 Å². The van der Waals surface area contributed by atoms with Gasteiger partial charge in [-0.1, -0.05) is 0 Å². The highest BCUT2D eigenvalue weighted by Crippen LogP contribution is 1.87. The molecule has 0 bridgehead atoms. The first-order valence-corrected chi connectivity index (χ1v) is 9.18. The van der Waals surface area contributed by atoms with Crippen molar-refractivity contribution >= 4 is 0 Å². The van der Waals surface area contributed by atoms with Gasteiger partial charge >= 0.3 is 0 Å². The zero-order valence-electron chi connectivity index (χ0n) is 16.1. The molecule has 0 aromatic heterocycles. The molecule has 0 fully saturated rings. The van der Waals surface area contributed by atoms with E-state index in [4.69, 9.17) is 38.6 Å². The van der Waals surface area contributed by atoms with Crippen molar-refractivity contribution in [1.82, 2.24) is 4.90 Å². The standard InChI is InChI=1S/C17H37NO8/c1-18(2-6-21-10-12-23-8-4-19)3-7-22-11-14-25-16-17-26-15-13-24-9-5-20/h19-20H,2-17H2,1H3. The highest BCUT2D eigenvalue weighted by molar-refractivity contribution is 4.49. The zero-order valence-corrected chi connectivity index (χ0v) is 16.1. The van der Waals surface area contributed by atoms with Gasteiger partial charge in [0.15, 0.2) is 0 Å². The van der Waals surface area contributed by atoms with Crippen molar-refractivity contribution in [2.75, 3.05) is 113 Å². The van der Waals surface area contributed by atoms with Crippen molar-refractivity contribution in [2.24, 2.45) is 0 Å². The molecular weight excluding hydrogens is 346 g/mol. The van der Waals surface area contributed by atoms with Crippen LogP contribution >= 0.6 is 0 Å². The summed E-state index contributed by atoms with van der Waals surface area (Å²) in [7, 11) is 2.02. The molecule has 0 aliphatic heterocycles. The van der Waals surface area contributed by atoms with Gasteiger partial charge in [0.05, 0.1) is 92.5 Å². The second-order valence-electron chi connectivity index (χ2n) is 5.42. The van der Waals surface area contributed by atoms with Crippen LogP contribution in [-0.2, 0) is 28.4 Å². The Kier molecular flexibility index (Phi) is 22.4. The van der Waals surface area contributed by atoms with E-state index in [0.717, 1.165) is 13.1 Å². The molecule has 0 unspecified atom stereocenters. The maximum atomic E-state index is 8.55. The van der Waals surface area contributed by atoms with Gasteiger partial charge in [-0.15, -0.1) is 0 Å². The number of rotatable bonds is 22. The molecule has 26 heavy (non-hydrogen) atoms. The molecule has 0 heterocycles. The first-order chi connectivity index (χ1) is 12.8. The minimum atomic E-state index is 0.0359. The summed E-state index contributed by atoms with van der Waals surface area (Å²) in [5, 5.41) is 17.1. The minimum Gasteiger partial charge on any atom is -0.394 e. The number of nitrogens with zero attached hydrogens (tertiary/aromatic N) is 1. The molecule has 0 amide bonds. The topological polar surface area (TPSA) is 99.1 Å². The van der Waals surface area contributed by atoms with Crippen LogP contribution in [0.4, 0.5) is 0 Å². The Morgan fingerprint density at radius 3 is 1.04 bits per heavy atom. The van der Waals surface area contributed by atoms with Crippen LogP contribution in [0.5, 0.6) is 0 Å². The summed E-state index contributed by atoms with van der Waals surface area (Å²) >= 11 is 0. The van der Waals surface area contributed by atoms with Gasteiger partial charge in [-0.25, -0.2) is 0 Å². The van der Waals surface area contributed by atoms with E-state index in [1.165, 1.54) is 0 Å². The highest BCUT2D eigenvalue weighted by atomic mass is 16.6. The Morgan fingerprint density at radius 1 is 0.462 bits per heavy atom. The number of aliphatic hydroxyl groups is 2. The van der Waals surface area contributed by atoms with Gasteiger partial charge in [0.25, 0.3) is 0 Å². The monoisotopic (exact) mass is 383 g/mol. The summed E-state index contributed by atoms with van der Waals surface area (Å²) in [5.74, 6) is 0. The van der Waals surface area contributed by atoms with Gasteiger partial charge in [-0.2, -0.15) is 0 Å². The molecule has 0 aromatic rings. The molecule has 0 aliphatic carbocycles. The lowest BCUT2D eigenvalue weighted by Gasteiger charge is -2.16. The van der Waals surface area contributed by atoms with Crippen LogP contribution in [0.3, 0.4) is 0 Å². The minimum absolute atomic E-state index is 0.0359. The number of aliphatic hydroxyl groups excluding tert-OH is 2. The average Bonchev–Trinajstić information content (AvgIpc) is 2.64. The smallest absolute Gasteiger partial charge is 0.0701 e. The third-order valence-corrected chi connectivity index (χ3v) is 3.19. The van der Waals surface area contributed by atoms with Crippen LogP contribution in [0.1, 0.15) is 0 Å². The van der Waals surface area contributed by atoms with E-state index in [-0.39, 0.29) is 13.2 Å². The van der Waals surface area contributed by atoms with Crippen molar-refractivity contribution < 1.29 is 38.6 Å². The normalized spacial score (nSPS) is 11.5. The van der Waals surface area contributed by atoms with E-state index in [0.29, 0.717) is 79.3 Å². The Labute approximate surface area is 157 Å².